The monoisotopic (exact) mass is 451 g/mol. The second-order valence-corrected chi connectivity index (χ2v) is 9.83. The van der Waals surface area contributed by atoms with Crippen molar-refractivity contribution < 1.29 is 24.2 Å². The van der Waals surface area contributed by atoms with Crippen LogP contribution >= 0.6 is 0 Å². The van der Waals surface area contributed by atoms with Crippen LogP contribution in [0.3, 0.4) is 0 Å². The number of likely N-dealkylation sites (tertiary alicyclic amines) is 1. The van der Waals surface area contributed by atoms with Gasteiger partial charge in [-0.05, 0) is 51.9 Å². The molecule has 8 nitrogen and oxygen atoms in total. The predicted molar refractivity (Wildman–Crippen MR) is 121 cm³/mol. The molecule has 0 saturated carbocycles. The summed E-state index contributed by atoms with van der Waals surface area (Å²) in [5, 5.41) is 15.1. The molecule has 0 aromatic rings. The Morgan fingerprint density at radius 3 is 2.47 bits per heavy atom. The maximum atomic E-state index is 13.7. The number of nitrogens with one attached hydrogen (secondary N) is 2. The lowest BCUT2D eigenvalue weighted by atomic mass is 9.66. The Kier molecular flexibility index (Phi) is 8.20. The van der Waals surface area contributed by atoms with Crippen molar-refractivity contribution in [3.8, 4) is 0 Å². The number of nitrogens with zero attached hydrogens (tertiary/aromatic N) is 1. The van der Waals surface area contributed by atoms with Gasteiger partial charge < -0.3 is 25.4 Å². The molecule has 5 atom stereocenters. The highest BCUT2D eigenvalue weighted by atomic mass is 16.5. The molecule has 182 valence electrons. The van der Waals surface area contributed by atoms with E-state index in [4.69, 9.17) is 9.84 Å². The maximum absolute atomic E-state index is 13.7. The molecule has 3 aliphatic rings. The summed E-state index contributed by atoms with van der Waals surface area (Å²) >= 11 is 0. The van der Waals surface area contributed by atoms with Gasteiger partial charge in [-0.2, -0.15) is 0 Å². The highest BCUT2D eigenvalue weighted by Gasteiger charge is 2.77. The van der Waals surface area contributed by atoms with Crippen molar-refractivity contribution in [3.63, 3.8) is 0 Å². The number of aliphatic hydroxyl groups excluding tert-OH is 1. The standard InChI is InChI=1S/C24H41N3O5/c1-4-6-8-14-26-21(30)19-24-12-11-23(3,32-24)17(20(29)25-13-5-2)18(24)22(31)27(19)15-9-7-10-16-28/h17-19,28H,4-16H2,1-3H3,(H,25,29)(H,26,30)/t17-,18-,19?,23+,24?/m0/s1. The van der Waals surface area contributed by atoms with Crippen LogP contribution in [0.25, 0.3) is 0 Å². The van der Waals surface area contributed by atoms with Crippen molar-refractivity contribution in [1.82, 2.24) is 15.5 Å². The summed E-state index contributed by atoms with van der Waals surface area (Å²) in [6.45, 7) is 7.72. The van der Waals surface area contributed by atoms with Crippen LogP contribution in [0.15, 0.2) is 0 Å². The maximum Gasteiger partial charge on any atom is 0.245 e. The number of amides is 3. The molecule has 8 heteroatoms. The number of hydrogen-bond donors (Lipinski definition) is 3. The first kappa shape index (κ1) is 25.0. The second-order valence-electron chi connectivity index (χ2n) is 9.83. The minimum atomic E-state index is -0.939. The average Bonchev–Trinajstić information content (AvgIpc) is 3.33. The zero-order valence-electron chi connectivity index (χ0n) is 20.0. The average molecular weight is 452 g/mol. The zero-order valence-corrected chi connectivity index (χ0v) is 20.0. The van der Waals surface area contributed by atoms with Crippen LogP contribution < -0.4 is 10.6 Å². The summed E-state index contributed by atoms with van der Waals surface area (Å²) in [6.07, 6.45) is 7.25. The number of aliphatic hydroxyl groups is 1. The van der Waals surface area contributed by atoms with Gasteiger partial charge in [-0.25, -0.2) is 0 Å². The van der Waals surface area contributed by atoms with Gasteiger partial charge in [0.15, 0.2) is 0 Å². The van der Waals surface area contributed by atoms with Gasteiger partial charge in [0.2, 0.25) is 17.7 Å². The van der Waals surface area contributed by atoms with E-state index in [0.29, 0.717) is 45.3 Å². The quantitative estimate of drug-likeness (QED) is 0.370. The molecule has 3 N–H and O–H groups in total. The van der Waals surface area contributed by atoms with E-state index in [1.807, 2.05) is 13.8 Å². The van der Waals surface area contributed by atoms with Crippen LogP contribution in [0.4, 0.5) is 0 Å². The Bertz CT molecular complexity index is 701. The van der Waals surface area contributed by atoms with Crippen LogP contribution in [0.5, 0.6) is 0 Å². The Morgan fingerprint density at radius 2 is 1.78 bits per heavy atom. The van der Waals surface area contributed by atoms with E-state index in [-0.39, 0.29) is 24.3 Å². The Morgan fingerprint density at radius 1 is 1.03 bits per heavy atom. The Labute approximate surface area is 191 Å². The van der Waals surface area contributed by atoms with E-state index in [9.17, 15) is 14.4 Å². The fourth-order valence-electron chi connectivity index (χ4n) is 5.98. The molecule has 1 spiro atoms. The van der Waals surface area contributed by atoms with Crippen molar-refractivity contribution in [2.75, 3.05) is 26.2 Å². The number of carbonyl (C=O) groups excluding carboxylic acids is 3. The van der Waals surface area contributed by atoms with Crippen LogP contribution in [0, 0.1) is 11.8 Å². The number of unbranched alkanes of at least 4 members (excludes halogenated alkanes) is 4. The first-order chi connectivity index (χ1) is 15.4. The fraction of sp³-hybridized carbons (Fsp3) is 0.875. The third kappa shape index (κ3) is 4.40. The lowest BCUT2D eigenvalue weighted by Gasteiger charge is -2.33. The Balaban J connectivity index is 1.86. The third-order valence-electron chi connectivity index (χ3n) is 7.49. The van der Waals surface area contributed by atoms with Crippen molar-refractivity contribution in [3.05, 3.63) is 0 Å². The normalized spacial score (nSPS) is 32.9. The van der Waals surface area contributed by atoms with E-state index >= 15 is 0 Å². The van der Waals surface area contributed by atoms with Gasteiger partial charge in [-0.1, -0.05) is 26.7 Å². The Hall–Kier alpha value is -1.67. The summed E-state index contributed by atoms with van der Waals surface area (Å²) in [6, 6.07) is -0.707. The molecule has 3 saturated heterocycles. The number of hydrogen-bond acceptors (Lipinski definition) is 5. The first-order valence-electron chi connectivity index (χ1n) is 12.5. The second kappa shape index (κ2) is 10.5. The van der Waals surface area contributed by atoms with Gasteiger partial charge >= 0.3 is 0 Å². The first-order valence-corrected chi connectivity index (χ1v) is 12.5. The lowest BCUT2D eigenvalue weighted by molar-refractivity contribution is -0.146. The summed E-state index contributed by atoms with van der Waals surface area (Å²) in [5.74, 6) is -1.64. The number of rotatable bonds is 13. The highest BCUT2D eigenvalue weighted by molar-refractivity contribution is 5.99. The van der Waals surface area contributed by atoms with Crippen LogP contribution in [0.1, 0.15) is 78.6 Å². The van der Waals surface area contributed by atoms with E-state index in [1.54, 1.807) is 4.90 Å². The molecule has 32 heavy (non-hydrogen) atoms. The van der Waals surface area contributed by atoms with Gasteiger partial charge in [0.1, 0.15) is 11.6 Å². The number of carbonyl (C=O) groups is 3. The van der Waals surface area contributed by atoms with Gasteiger partial charge in [0.05, 0.1) is 17.4 Å². The zero-order chi connectivity index (χ0) is 23.4. The van der Waals surface area contributed by atoms with Crippen LogP contribution in [-0.4, -0.2) is 71.2 Å². The molecule has 3 aliphatic heterocycles. The summed E-state index contributed by atoms with van der Waals surface area (Å²) in [7, 11) is 0. The van der Waals surface area contributed by atoms with E-state index in [2.05, 4.69) is 17.6 Å². The highest BCUT2D eigenvalue weighted by Crippen LogP contribution is 2.63. The van der Waals surface area contributed by atoms with Crippen LogP contribution in [0.2, 0.25) is 0 Å². The number of ether oxygens (including phenoxy) is 1. The molecular formula is C24H41N3O5. The van der Waals surface area contributed by atoms with Gasteiger partial charge in [0.25, 0.3) is 0 Å². The third-order valence-corrected chi connectivity index (χ3v) is 7.49. The van der Waals surface area contributed by atoms with Crippen molar-refractivity contribution in [1.29, 1.82) is 0 Å². The fourth-order valence-corrected chi connectivity index (χ4v) is 5.98. The largest absolute Gasteiger partial charge is 0.396 e. The van der Waals surface area contributed by atoms with Gasteiger partial charge in [0, 0.05) is 26.2 Å². The molecular weight excluding hydrogens is 410 g/mol. The lowest BCUT2D eigenvalue weighted by Crippen LogP contribution is -2.55. The van der Waals surface area contributed by atoms with Gasteiger partial charge in [-0.3, -0.25) is 14.4 Å². The molecule has 3 amide bonds. The minimum Gasteiger partial charge on any atom is -0.396 e. The summed E-state index contributed by atoms with van der Waals surface area (Å²) in [5.41, 5.74) is -1.66. The van der Waals surface area contributed by atoms with E-state index < -0.39 is 29.1 Å². The molecule has 3 heterocycles. The molecule has 0 aliphatic carbocycles. The minimum absolute atomic E-state index is 0.114. The molecule has 2 unspecified atom stereocenters. The van der Waals surface area contributed by atoms with Crippen molar-refractivity contribution >= 4 is 17.7 Å². The van der Waals surface area contributed by atoms with Crippen molar-refractivity contribution in [2.24, 2.45) is 11.8 Å². The van der Waals surface area contributed by atoms with E-state index in [1.165, 1.54) is 0 Å². The SMILES string of the molecule is CCCCCNC(=O)C1N(CCCCCO)C(=O)[C@@H]2[C@@H](C(=O)NCCC)[C@@]3(C)CCC12O3. The molecule has 0 radical (unpaired) electrons. The molecule has 3 rings (SSSR count). The summed E-state index contributed by atoms with van der Waals surface area (Å²) < 4.78 is 6.55. The van der Waals surface area contributed by atoms with E-state index in [0.717, 1.165) is 32.1 Å². The molecule has 0 aromatic heterocycles. The predicted octanol–water partition coefficient (Wildman–Crippen LogP) is 1.75. The molecule has 0 aromatic carbocycles. The molecule has 3 fully saturated rings. The smallest absolute Gasteiger partial charge is 0.245 e. The van der Waals surface area contributed by atoms with Crippen molar-refractivity contribution in [2.45, 2.75) is 95.8 Å². The number of fused-ring (bicyclic) bond motifs is 1. The van der Waals surface area contributed by atoms with Gasteiger partial charge in [-0.15, -0.1) is 0 Å². The topological polar surface area (TPSA) is 108 Å². The van der Waals surface area contributed by atoms with Crippen LogP contribution in [-0.2, 0) is 19.1 Å². The summed E-state index contributed by atoms with van der Waals surface area (Å²) in [4.78, 5) is 41.9. The molecule has 2 bridgehead atoms.